The van der Waals surface area contributed by atoms with Crippen LogP contribution in [0.4, 0.5) is 0 Å². The van der Waals surface area contributed by atoms with Gasteiger partial charge in [0.05, 0.1) is 0 Å². The van der Waals surface area contributed by atoms with Crippen molar-refractivity contribution < 1.29 is 5.11 Å². The van der Waals surface area contributed by atoms with Gasteiger partial charge in [0.25, 0.3) is 0 Å². The molecule has 0 saturated carbocycles. The van der Waals surface area contributed by atoms with E-state index >= 15 is 0 Å². The van der Waals surface area contributed by atoms with Crippen molar-refractivity contribution in [3.05, 3.63) is 52.9 Å². The average Bonchev–Trinajstić information content (AvgIpc) is 2.45. The molecule has 0 aliphatic carbocycles. The lowest BCUT2D eigenvalue weighted by molar-refractivity contribution is 0.444. The molecule has 1 N–H and O–H groups in total. The smallest absolute Gasteiger partial charge is 0.215 e. The molecule has 0 fully saturated rings. The molecular weight excluding hydrogens is 306 g/mol. The number of hydrogen-bond donors (Lipinski definition) is 1. The number of nitrogens with zero attached hydrogens (tertiary/aromatic N) is 3. The maximum absolute atomic E-state index is 9.51. The van der Waals surface area contributed by atoms with Crippen molar-refractivity contribution >= 4 is 34.1 Å². The van der Waals surface area contributed by atoms with Gasteiger partial charge in [0.2, 0.25) is 5.88 Å². The van der Waals surface area contributed by atoms with Crippen molar-refractivity contribution in [2.45, 2.75) is 17.8 Å². The highest BCUT2D eigenvalue weighted by Crippen LogP contribution is 2.30. The van der Waals surface area contributed by atoms with Gasteiger partial charge in [-0.05, 0) is 12.3 Å². The predicted octanol–water partition coefficient (Wildman–Crippen LogP) is 3.98. The van der Waals surface area contributed by atoms with Crippen molar-refractivity contribution in [3.8, 4) is 5.88 Å². The lowest BCUT2D eigenvalue weighted by Crippen LogP contribution is -1.93. The van der Waals surface area contributed by atoms with Gasteiger partial charge >= 0.3 is 0 Å². The fraction of sp³-hybridized carbons (Fsp3) is 0.133. The molecule has 3 aromatic rings. The molecule has 1 aromatic carbocycles. The van der Waals surface area contributed by atoms with E-state index in [2.05, 4.69) is 15.0 Å². The maximum Gasteiger partial charge on any atom is 0.215 e. The minimum absolute atomic E-state index is 0.0212. The summed E-state index contributed by atoms with van der Waals surface area (Å²) in [6.07, 6.45) is 1.76. The number of aromatic nitrogens is 3. The standard InChI is InChI=1S/C15H12ClN3OS/c1-9-6-13(20)19-15(18-9)21-8-12-11-5-3-2-4-10(11)7-17-14(12)16/h2-7H,8H2,1H3,(H,18,19,20). The van der Waals surface area contributed by atoms with Crippen LogP contribution in [0.1, 0.15) is 11.3 Å². The van der Waals surface area contributed by atoms with E-state index in [4.69, 9.17) is 11.6 Å². The Balaban J connectivity index is 1.93. The van der Waals surface area contributed by atoms with E-state index < -0.39 is 0 Å². The van der Waals surface area contributed by atoms with Crippen molar-refractivity contribution in [3.63, 3.8) is 0 Å². The first-order valence-corrected chi connectivity index (χ1v) is 7.69. The lowest BCUT2D eigenvalue weighted by Gasteiger charge is -2.08. The number of thioether (sulfide) groups is 1. The van der Waals surface area contributed by atoms with Crippen molar-refractivity contribution in [2.24, 2.45) is 0 Å². The highest BCUT2D eigenvalue weighted by atomic mass is 35.5. The zero-order valence-corrected chi connectivity index (χ0v) is 12.8. The van der Waals surface area contributed by atoms with Crippen molar-refractivity contribution in [1.82, 2.24) is 15.0 Å². The molecule has 0 bridgehead atoms. The number of benzene rings is 1. The number of halogens is 1. The van der Waals surface area contributed by atoms with Crippen LogP contribution in [-0.2, 0) is 5.75 Å². The highest BCUT2D eigenvalue weighted by molar-refractivity contribution is 7.98. The molecule has 0 spiro atoms. The lowest BCUT2D eigenvalue weighted by atomic mass is 10.1. The minimum atomic E-state index is -0.0212. The first kappa shape index (κ1) is 14.1. The Kier molecular flexibility index (Phi) is 3.94. The van der Waals surface area contributed by atoms with Crippen LogP contribution in [0, 0.1) is 6.92 Å². The van der Waals surface area contributed by atoms with Crippen LogP contribution in [0.15, 0.2) is 41.7 Å². The number of rotatable bonds is 3. The van der Waals surface area contributed by atoms with Crippen molar-refractivity contribution in [2.75, 3.05) is 0 Å². The van der Waals surface area contributed by atoms with Gasteiger partial charge in [0.1, 0.15) is 5.15 Å². The fourth-order valence-electron chi connectivity index (χ4n) is 2.06. The number of hydrogen-bond acceptors (Lipinski definition) is 5. The first-order valence-electron chi connectivity index (χ1n) is 6.33. The number of pyridine rings is 1. The van der Waals surface area contributed by atoms with Crippen LogP contribution in [-0.4, -0.2) is 20.1 Å². The number of aromatic hydroxyl groups is 1. The summed E-state index contributed by atoms with van der Waals surface area (Å²) in [4.78, 5) is 12.5. The summed E-state index contributed by atoms with van der Waals surface area (Å²) in [7, 11) is 0. The van der Waals surface area contributed by atoms with E-state index in [-0.39, 0.29) is 5.88 Å². The van der Waals surface area contributed by atoms with Crippen LogP contribution in [0.2, 0.25) is 5.15 Å². The monoisotopic (exact) mass is 317 g/mol. The Bertz CT molecular complexity index is 790. The normalized spacial score (nSPS) is 11.0. The Hall–Kier alpha value is -1.85. The van der Waals surface area contributed by atoms with Crippen LogP contribution < -0.4 is 0 Å². The summed E-state index contributed by atoms with van der Waals surface area (Å²) < 4.78 is 0. The third-order valence-corrected chi connectivity index (χ3v) is 4.22. The van der Waals surface area contributed by atoms with Gasteiger partial charge in [0.15, 0.2) is 5.16 Å². The molecule has 0 amide bonds. The van der Waals surface area contributed by atoms with Gasteiger partial charge in [-0.15, -0.1) is 0 Å². The largest absolute Gasteiger partial charge is 0.493 e. The number of aryl methyl sites for hydroxylation is 1. The Morgan fingerprint density at radius 3 is 2.86 bits per heavy atom. The molecule has 2 heterocycles. The second-order valence-corrected chi connectivity index (χ2v) is 5.85. The molecule has 106 valence electrons. The second-order valence-electron chi connectivity index (χ2n) is 4.55. The Morgan fingerprint density at radius 2 is 2.05 bits per heavy atom. The summed E-state index contributed by atoms with van der Waals surface area (Å²) in [6, 6.07) is 9.49. The summed E-state index contributed by atoms with van der Waals surface area (Å²) in [5, 5.41) is 12.6. The van der Waals surface area contributed by atoms with Gasteiger partial charge < -0.3 is 5.11 Å². The van der Waals surface area contributed by atoms with Crippen LogP contribution in [0.25, 0.3) is 10.8 Å². The molecule has 0 radical (unpaired) electrons. The minimum Gasteiger partial charge on any atom is -0.493 e. The predicted molar refractivity (Wildman–Crippen MR) is 84.7 cm³/mol. The topological polar surface area (TPSA) is 58.9 Å². The van der Waals surface area contributed by atoms with E-state index in [1.807, 2.05) is 31.2 Å². The number of fused-ring (bicyclic) bond motifs is 1. The second kappa shape index (κ2) is 5.87. The van der Waals surface area contributed by atoms with Gasteiger partial charge in [-0.2, -0.15) is 4.98 Å². The Labute approximate surface area is 131 Å². The van der Waals surface area contributed by atoms with E-state index in [1.54, 1.807) is 6.20 Å². The molecule has 21 heavy (non-hydrogen) atoms. The molecule has 6 heteroatoms. The van der Waals surface area contributed by atoms with Crippen LogP contribution in [0.3, 0.4) is 0 Å². The summed E-state index contributed by atoms with van der Waals surface area (Å²) in [5.41, 5.74) is 1.68. The molecule has 0 unspecified atom stereocenters. The summed E-state index contributed by atoms with van der Waals surface area (Å²) in [5.74, 6) is 0.572. The van der Waals surface area contributed by atoms with Gasteiger partial charge in [-0.3, -0.25) is 0 Å². The zero-order chi connectivity index (χ0) is 14.8. The molecule has 2 aromatic heterocycles. The zero-order valence-electron chi connectivity index (χ0n) is 11.2. The first-order chi connectivity index (χ1) is 10.1. The van der Waals surface area contributed by atoms with Gasteiger partial charge in [-0.1, -0.05) is 47.6 Å². The molecule has 0 aliphatic rings. The average molecular weight is 318 g/mol. The molecule has 0 saturated heterocycles. The fourth-order valence-corrected chi connectivity index (χ4v) is 3.29. The van der Waals surface area contributed by atoms with Crippen molar-refractivity contribution in [1.29, 1.82) is 0 Å². The van der Waals surface area contributed by atoms with E-state index in [1.165, 1.54) is 17.8 Å². The van der Waals surface area contributed by atoms with E-state index in [0.717, 1.165) is 22.0 Å². The van der Waals surface area contributed by atoms with E-state index in [9.17, 15) is 5.11 Å². The summed E-state index contributed by atoms with van der Waals surface area (Å²) in [6.45, 7) is 1.82. The molecule has 0 atom stereocenters. The Morgan fingerprint density at radius 1 is 1.24 bits per heavy atom. The third kappa shape index (κ3) is 3.09. The molecular formula is C15H12ClN3OS. The SMILES string of the molecule is Cc1cc(O)nc(SCc2c(Cl)ncc3ccccc23)n1. The van der Waals surface area contributed by atoms with Gasteiger partial charge in [-0.25, -0.2) is 9.97 Å². The summed E-state index contributed by atoms with van der Waals surface area (Å²) >= 11 is 7.64. The van der Waals surface area contributed by atoms with Crippen LogP contribution in [0.5, 0.6) is 5.88 Å². The highest BCUT2D eigenvalue weighted by Gasteiger charge is 2.10. The molecule has 4 nitrogen and oxygen atoms in total. The van der Waals surface area contributed by atoms with E-state index in [0.29, 0.717) is 16.1 Å². The quantitative estimate of drug-likeness (QED) is 0.450. The third-order valence-electron chi connectivity index (χ3n) is 3.02. The molecule has 3 rings (SSSR count). The molecule has 0 aliphatic heterocycles. The van der Waals surface area contributed by atoms with Crippen LogP contribution >= 0.6 is 23.4 Å². The maximum atomic E-state index is 9.51. The van der Waals surface area contributed by atoms with Gasteiger partial charge in [0, 0.05) is 34.7 Å².